The van der Waals surface area contributed by atoms with E-state index in [1.165, 1.54) is 47.0 Å². The van der Waals surface area contributed by atoms with Crippen LogP contribution in [0.5, 0.6) is 0 Å². The van der Waals surface area contributed by atoms with E-state index in [0.717, 1.165) is 24.0 Å². The van der Waals surface area contributed by atoms with Crippen LogP contribution in [0.15, 0.2) is 127 Å². The molecule has 0 bridgehead atoms. The second-order valence-electron chi connectivity index (χ2n) is 39.8. The predicted octanol–water partition coefficient (Wildman–Crippen LogP) is 20.0. The van der Waals surface area contributed by atoms with Gasteiger partial charge in [-0.05, 0) is 232 Å². The zero-order valence-electron chi connectivity index (χ0n) is 91.6. The molecular formula is C109H176O33. The second kappa shape index (κ2) is 71.3. The standard InChI is InChI=1S/C17H26O8.2C13H22O5.2C13H18O2.C12H20O5.C10H14.3C6H12O2/c1-6-17(4,5)16(22)24-10-12(9-23-15(21)11(2)3)25-14(20)8-7-13(18)19;2*1-6-13(4,5)12(16)18-8-10(14)7-17-11(15)9(2)3;2*1-4-13(2,3)12(14)15-10-11-8-6-5-7-9-11;1-5-12(10(14)16-4)6-11(2,7-17-8-12)9(13)15-3;1-3-9(2)10-7-5-4-6-8-10;3*1-4-6(2,3)5(7)8/h12H,2,6-10H2,1,3-5H3,(H,18,19);2*10,14H,2,6-8H2,1,3-5H3;2*5-9H,4,10H2,1-3H3;5-8H2,1-4H3;4-9H,3H2,1-2H3;3*4H2,1-3H3,(H,7,8). The molecule has 3 aromatic rings. The molecule has 0 aliphatic carbocycles. The van der Waals surface area contributed by atoms with Crippen LogP contribution in [0.25, 0.3) is 0 Å². The van der Waals surface area contributed by atoms with Crippen molar-refractivity contribution in [2.75, 3.05) is 67.1 Å². The maximum absolute atomic E-state index is 12.0. The number of carboxylic acids is 4. The third-order valence-corrected chi connectivity index (χ3v) is 23.8. The van der Waals surface area contributed by atoms with Crippen LogP contribution < -0.4 is 0 Å². The van der Waals surface area contributed by atoms with Gasteiger partial charge in [0, 0.05) is 16.7 Å². The van der Waals surface area contributed by atoms with Gasteiger partial charge in [-0.3, -0.25) is 57.5 Å². The Morgan fingerprint density at radius 1 is 0.373 bits per heavy atom. The maximum atomic E-state index is 12.0. The fraction of sp³-hybridized carbons (Fsp3) is 0.642. The lowest BCUT2D eigenvalue weighted by Gasteiger charge is -2.42. The van der Waals surface area contributed by atoms with Gasteiger partial charge in [-0.15, -0.1) is 0 Å². The van der Waals surface area contributed by atoms with Crippen molar-refractivity contribution in [2.24, 2.45) is 54.1 Å². The molecule has 33 heteroatoms. The predicted molar refractivity (Wildman–Crippen MR) is 542 cm³/mol. The normalized spacial score (nSPS) is 14.5. The highest BCUT2D eigenvalue weighted by Gasteiger charge is 2.52. The molecule has 1 heterocycles. The number of esters is 11. The number of rotatable bonds is 44. The summed E-state index contributed by atoms with van der Waals surface area (Å²) < 4.78 is 60.0. The van der Waals surface area contributed by atoms with Gasteiger partial charge in [0.25, 0.3) is 0 Å². The van der Waals surface area contributed by atoms with Crippen LogP contribution in [-0.2, 0) is 142 Å². The molecule has 0 saturated carbocycles. The molecule has 0 aromatic heterocycles. The van der Waals surface area contributed by atoms with E-state index in [4.69, 9.17) is 77.3 Å². The minimum absolute atomic E-state index is 0.131. The Morgan fingerprint density at radius 2 is 0.641 bits per heavy atom. The summed E-state index contributed by atoms with van der Waals surface area (Å²) in [6.45, 7) is 66.3. The van der Waals surface area contributed by atoms with E-state index >= 15 is 0 Å². The first-order chi connectivity index (χ1) is 65.3. The maximum Gasteiger partial charge on any atom is 0.333 e. The van der Waals surface area contributed by atoms with Crippen molar-refractivity contribution in [1.82, 2.24) is 0 Å². The third kappa shape index (κ3) is 61.6. The molecule has 6 unspecified atom stereocenters. The van der Waals surface area contributed by atoms with Crippen molar-refractivity contribution in [3.8, 4) is 0 Å². The van der Waals surface area contributed by atoms with Crippen LogP contribution in [0.2, 0.25) is 0 Å². The molecule has 33 nitrogen and oxygen atoms in total. The van der Waals surface area contributed by atoms with E-state index in [0.29, 0.717) is 77.1 Å². The minimum Gasteiger partial charge on any atom is -0.481 e. The van der Waals surface area contributed by atoms with E-state index in [1.807, 2.05) is 151 Å². The summed E-state index contributed by atoms with van der Waals surface area (Å²) >= 11 is 0. The van der Waals surface area contributed by atoms with Gasteiger partial charge in [0.2, 0.25) is 0 Å². The number of hydrogen-bond donors (Lipinski definition) is 6. The Kier molecular flexibility index (Phi) is 71.0. The first kappa shape index (κ1) is 142. The van der Waals surface area contributed by atoms with Gasteiger partial charge in [-0.2, -0.15) is 0 Å². The first-order valence-corrected chi connectivity index (χ1v) is 48.0. The number of methoxy groups -OCH3 is 2. The molecule has 0 radical (unpaired) electrons. The van der Waals surface area contributed by atoms with E-state index in [1.54, 1.807) is 90.0 Å². The van der Waals surface area contributed by atoms with E-state index in [9.17, 15) is 82.1 Å². The highest BCUT2D eigenvalue weighted by Crippen LogP contribution is 2.43. The number of carbonyl (C=O) groups excluding carboxylic acids is 11. The molecule has 1 saturated heterocycles. The molecular weight excluding hydrogens is 1840 g/mol. The Hall–Kier alpha value is -11.2. The summed E-state index contributed by atoms with van der Waals surface area (Å²) in [5.41, 5.74) is -1.58. The van der Waals surface area contributed by atoms with Crippen molar-refractivity contribution in [1.29, 1.82) is 0 Å². The number of carboxylic acid groups (broad SMARTS) is 4. The zero-order chi connectivity index (χ0) is 112. The fourth-order valence-corrected chi connectivity index (χ4v) is 9.09. The quantitative estimate of drug-likeness (QED) is 0.0174. The molecule has 4 rings (SSSR count). The summed E-state index contributed by atoms with van der Waals surface area (Å²) in [7, 11) is 2.69. The van der Waals surface area contributed by atoms with Crippen molar-refractivity contribution in [2.45, 2.75) is 336 Å². The third-order valence-electron chi connectivity index (χ3n) is 23.8. The zero-order valence-corrected chi connectivity index (χ0v) is 91.6. The van der Waals surface area contributed by atoms with Gasteiger partial charge in [0.15, 0.2) is 6.10 Å². The van der Waals surface area contributed by atoms with Crippen LogP contribution in [0.3, 0.4) is 0 Å². The number of aliphatic hydroxyl groups excluding tert-OH is 2. The summed E-state index contributed by atoms with van der Waals surface area (Å²) in [6, 6.07) is 30.1. The van der Waals surface area contributed by atoms with E-state index < -0.39 is 115 Å². The van der Waals surface area contributed by atoms with Gasteiger partial charge < -0.3 is 87.5 Å². The van der Waals surface area contributed by atoms with Crippen LogP contribution in [0.4, 0.5) is 0 Å². The first-order valence-electron chi connectivity index (χ1n) is 48.0. The highest BCUT2D eigenvalue weighted by atomic mass is 16.6. The molecule has 1 aliphatic rings. The summed E-state index contributed by atoms with van der Waals surface area (Å²) in [4.78, 5) is 169. The molecule has 1 fully saturated rings. The molecule has 0 spiro atoms. The van der Waals surface area contributed by atoms with Crippen molar-refractivity contribution < 1.29 is 159 Å². The Labute approximate surface area is 845 Å². The largest absolute Gasteiger partial charge is 0.481 e. The lowest BCUT2D eigenvalue weighted by Crippen LogP contribution is -2.50. The monoisotopic (exact) mass is 2010 g/mol. The van der Waals surface area contributed by atoms with Crippen LogP contribution in [-0.4, -0.2) is 206 Å². The Morgan fingerprint density at radius 3 is 0.894 bits per heavy atom. The number of hydrogen-bond acceptors (Lipinski definition) is 29. The lowest BCUT2D eigenvalue weighted by atomic mass is 9.69. The van der Waals surface area contributed by atoms with Gasteiger partial charge in [0.1, 0.15) is 65.1 Å². The van der Waals surface area contributed by atoms with E-state index in [2.05, 4.69) is 63.9 Å². The van der Waals surface area contributed by atoms with Crippen molar-refractivity contribution >= 4 is 89.5 Å². The van der Waals surface area contributed by atoms with Gasteiger partial charge in [0.05, 0.1) is 94.4 Å². The second-order valence-corrected chi connectivity index (χ2v) is 39.8. The number of aliphatic carboxylic acids is 4. The smallest absolute Gasteiger partial charge is 0.333 e. The van der Waals surface area contributed by atoms with Crippen molar-refractivity contribution in [3.05, 3.63) is 144 Å². The van der Waals surface area contributed by atoms with Crippen LogP contribution in [0, 0.1) is 54.1 Å². The molecule has 810 valence electrons. The van der Waals surface area contributed by atoms with Gasteiger partial charge >= 0.3 is 89.5 Å². The van der Waals surface area contributed by atoms with Crippen LogP contribution in [0.1, 0.15) is 321 Å². The average molecular weight is 2010 g/mol. The molecule has 6 N–H and O–H groups in total. The van der Waals surface area contributed by atoms with Gasteiger partial charge in [-0.1, -0.05) is 187 Å². The van der Waals surface area contributed by atoms with Gasteiger partial charge in [-0.25, -0.2) is 14.4 Å². The van der Waals surface area contributed by atoms with Crippen molar-refractivity contribution in [3.63, 3.8) is 0 Å². The summed E-state index contributed by atoms with van der Waals surface area (Å²) in [5, 5.41) is 52.9. The SMILES string of the molecule is C=C(C)C(=O)OCC(COC(=O)C(C)(C)CC)OC(=O)CCC(=O)O.C=C(C)C(=O)OCC(O)COC(=O)C(C)(C)CC.C=C(C)C(=O)OCC(O)COC(=O)C(C)(C)CC.CCC(C)(C)C(=O)O.CCC(C)(C)C(=O)O.CCC(C)(C)C(=O)O.CCC(C)(C)C(=O)OCc1ccccc1.CCC(C)(C)C(=O)OCc1ccccc1.CCC(C)c1ccccc1.CCC1(C(=O)OC)COCC(C)(C(=O)OC)C1. The minimum atomic E-state index is -1.14. The lowest BCUT2D eigenvalue weighted by molar-refractivity contribution is -0.181. The average Bonchev–Trinajstić information content (AvgIpc) is 0.774. The fourth-order valence-electron chi connectivity index (χ4n) is 9.09. The Bertz CT molecular complexity index is 4110. The molecule has 142 heavy (non-hydrogen) atoms. The number of ether oxygens (including phenoxy) is 12. The summed E-state index contributed by atoms with van der Waals surface area (Å²) in [5.74, 6) is -7.38. The topological polar surface area (TPSA) is 488 Å². The molecule has 0 amide bonds. The number of aliphatic hydroxyl groups is 2. The summed E-state index contributed by atoms with van der Waals surface area (Å²) in [6.07, 6.45) is 3.88. The van der Waals surface area contributed by atoms with Crippen LogP contribution >= 0.6 is 0 Å². The molecule has 6 atom stereocenters. The Balaban J connectivity index is -0.000000369. The number of carbonyl (C=O) groups is 15. The van der Waals surface area contributed by atoms with E-state index in [-0.39, 0.29) is 122 Å². The highest BCUT2D eigenvalue weighted by molar-refractivity contribution is 5.88. The molecule has 3 aromatic carbocycles. The molecule has 1 aliphatic heterocycles. The number of benzene rings is 3.